The number of hydrogen-bond donors (Lipinski definition) is 0. The molecule has 63 heavy (non-hydrogen) atoms. The fourth-order valence-corrected chi connectivity index (χ4v) is 11.1. The van der Waals surface area contributed by atoms with E-state index in [0.717, 1.165) is 17.1 Å². The summed E-state index contributed by atoms with van der Waals surface area (Å²) in [6.07, 6.45) is 0. The number of fused-ring (bicyclic) bond motifs is 12. The molecule has 0 aliphatic carbocycles. The first-order valence-electron chi connectivity index (χ1n) is 21.6. The van der Waals surface area contributed by atoms with Crippen LogP contribution in [-0.2, 0) is 0 Å². The van der Waals surface area contributed by atoms with Gasteiger partial charge in [0, 0.05) is 53.7 Å². The molecule has 0 unspecified atom stereocenters. The Morgan fingerprint density at radius 3 is 1.40 bits per heavy atom. The molecule has 2 aromatic heterocycles. The van der Waals surface area contributed by atoms with Crippen molar-refractivity contribution in [2.45, 2.75) is 0 Å². The van der Waals surface area contributed by atoms with Gasteiger partial charge in [-0.3, -0.25) is 0 Å². The molecule has 0 fully saturated rings. The molecule has 0 saturated carbocycles. The highest BCUT2D eigenvalue weighted by Gasteiger charge is 2.18. The van der Waals surface area contributed by atoms with Gasteiger partial charge in [0.2, 0.25) is 0 Å². The monoisotopic (exact) mass is 818 g/mol. The number of para-hydroxylation sites is 2. The molecular weight excluding hydrogens is 781 g/mol. The van der Waals surface area contributed by atoms with Crippen LogP contribution in [0.25, 0.3) is 102 Å². The molecule has 0 amide bonds. The summed E-state index contributed by atoms with van der Waals surface area (Å²) < 4.78 is 5.02. The Morgan fingerprint density at radius 1 is 0.270 bits per heavy atom. The summed E-state index contributed by atoms with van der Waals surface area (Å²) in [6, 6.07) is 84.8. The number of hydrogen-bond acceptors (Lipinski definition) is 2. The fraction of sp³-hybridized carbons (Fsp3) is 0. The Morgan fingerprint density at radius 2 is 0.730 bits per heavy atom. The van der Waals surface area contributed by atoms with E-state index in [0.29, 0.717) is 0 Å². The average molecular weight is 819 g/mol. The molecule has 2 nitrogen and oxygen atoms in total. The first kappa shape index (κ1) is 35.7. The van der Waals surface area contributed by atoms with Gasteiger partial charge in [-0.05, 0) is 140 Å². The summed E-state index contributed by atoms with van der Waals surface area (Å²) in [5, 5.41) is 12.8. The predicted molar refractivity (Wildman–Crippen MR) is 272 cm³/mol. The standard InChI is InChI=1S/C60H38N2S/c1-2-12-43(13-3-1)62-57-20-10-8-18-52(57)55-36-41(26-34-58(55)62)39-22-28-44(29-23-39)61(46-32-33-51-49-16-5-4-14-47(49)48-15-6-7-17-50(48)54(51)38-46)45-30-24-40(25-31-45)42-27-35-60-56(37-42)53-19-9-11-21-59(53)63-60/h1-38H. The minimum atomic E-state index is 1.10. The molecule has 13 aromatic rings. The molecule has 13 rings (SSSR count). The highest BCUT2D eigenvalue weighted by Crippen LogP contribution is 2.43. The second-order valence-corrected chi connectivity index (χ2v) is 17.6. The summed E-state index contributed by atoms with van der Waals surface area (Å²) in [4.78, 5) is 2.41. The minimum Gasteiger partial charge on any atom is -0.310 e. The van der Waals surface area contributed by atoms with Crippen LogP contribution in [-0.4, -0.2) is 4.57 Å². The number of rotatable bonds is 6. The summed E-state index contributed by atoms with van der Waals surface area (Å²) in [5.41, 5.74) is 11.7. The lowest BCUT2D eigenvalue weighted by Crippen LogP contribution is -2.10. The van der Waals surface area contributed by atoms with E-state index in [-0.39, 0.29) is 0 Å². The van der Waals surface area contributed by atoms with Crippen molar-refractivity contribution >= 4 is 103 Å². The molecule has 11 aromatic carbocycles. The van der Waals surface area contributed by atoms with Gasteiger partial charge in [-0.15, -0.1) is 11.3 Å². The molecule has 0 saturated heterocycles. The highest BCUT2D eigenvalue weighted by molar-refractivity contribution is 7.25. The van der Waals surface area contributed by atoms with Gasteiger partial charge >= 0.3 is 0 Å². The van der Waals surface area contributed by atoms with Crippen molar-refractivity contribution < 1.29 is 0 Å². The first-order chi connectivity index (χ1) is 31.2. The number of aromatic nitrogens is 1. The highest BCUT2D eigenvalue weighted by atomic mass is 32.1. The van der Waals surface area contributed by atoms with Gasteiger partial charge in [0.25, 0.3) is 0 Å². The van der Waals surface area contributed by atoms with E-state index in [9.17, 15) is 0 Å². The van der Waals surface area contributed by atoms with E-state index in [1.54, 1.807) is 0 Å². The molecule has 0 aliphatic rings. The molecular formula is C60H38N2S. The normalized spacial score (nSPS) is 11.8. The smallest absolute Gasteiger partial charge is 0.0541 e. The molecule has 0 radical (unpaired) electrons. The lowest BCUT2D eigenvalue weighted by Gasteiger charge is -2.27. The van der Waals surface area contributed by atoms with Gasteiger partial charge in [0.05, 0.1) is 11.0 Å². The van der Waals surface area contributed by atoms with Crippen LogP contribution in [0.1, 0.15) is 0 Å². The Balaban J connectivity index is 0.940. The average Bonchev–Trinajstić information content (AvgIpc) is 3.90. The van der Waals surface area contributed by atoms with Crippen molar-refractivity contribution in [3.8, 4) is 27.9 Å². The Labute approximate surface area is 368 Å². The molecule has 294 valence electrons. The second kappa shape index (κ2) is 14.3. The van der Waals surface area contributed by atoms with Crippen molar-refractivity contribution in [2.24, 2.45) is 0 Å². The largest absolute Gasteiger partial charge is 0.310 e. The maximum atomic E-state index is 2.41. The molecule has 0 spiro atoms. The zero-order valence-electron chi connectivity index (χ0n) is 34.2. The van der Waals surface area contributed by atoms with Crippen LogP contribution in [0.4, 0.5) is 17.1 Å². The van der Waals surface area contributed by atoms with Gasteiger partial charge in [-0.2, -0.15) is 0 Å². The van der Waals surface area contributed by atoms with Gasteiger partial charge in [-0.25, -0.2) is 0 Å². The third-order valence-corrected chi connectivity index (χ3v) is 14.1. The van der Waals surface area contributed by atoms with E-state index in [2.05, 4.69) is 240 Å². The molecule has 2 heterocycles. The van der Waals surface area contributed by atoms with Gasteiger partial charge in [0.1, 0.15) is 0 Å². The maximum Gasteiger partial charge on any atom is 0.0541 e. The Bertz CT molecular complexity index is 3860. The summed E-state index contributed by atoms with van der Waals surface area (Å²) >= 11 is 1.86. The van der Waals surface area contributed by atoms with Crippen LogP contribution in [0.2, 0.25) is 0 Å². The van der Waals surface area contributed by atoms with Gasteiger partial charge in [-0.1, -0.05) is 146 Å². The van der Waals surface area contributed by atoms with Crippen LogP contribution in [0.5, 0.6) is 0 Å². The zero-order valence-corrected chi connectivity index (χ0v) is 35.1. The van der Waals surface area contributed by atoms with Crippen molar-refractivity contribution in [1.29, 1.82) is 0 Å². The predicted octanol–water partition coefficient (Wildman–Crippen LogP) is 17.4. The molecule has 0 atom stereocenters. The van der Waals surface area contributed by atoms with Crippen molar-refractivity contribution in [3.05, 3.63) is 231 Å². The summed E-state index contributed by atoms with van der Waals surface area (Å²) in [6.45, 7) is 0. The van der Waals surface area contributed by atoms with E-state index < -0.39 is 0 Å². The maximum absolute atomic E-state index is 2.41. The molecule has 0 bridgehead atoms. The third kappa shape index (κ3) is 5.78. The quantitative estimate of drug-likeness (QED) is 0.152. The molecule has 0 aliphatic heterocycles. The van der Waals surface area contributed by atoms with Crippen molar-refractivity contribution in [2.75, 3.05) is 4.90 Å². The minimum absolute atomic E-state index is 1.10. The Hall–Kier alpha value is -7.98. The number of anilines is 3. The van der Waals surface area contributed by atoms with E-state index >= 15 is 0 Å². The number of nitrogens with zero attached hydrogens (tertiary/aromatic N) is 2. The van der Waals surface area contributed by atoms with Crippen LogP contribution in [0.15, 0.2) is 231 Å². The SMILES string of the molecule is c1ccc(-n2c3ccccc3c3cc(-c4ccc(N(c5ccc(-c6ccc7sc8ccccc8c7c6)cc5)c5ccc6c7ccccc7c7ccccc7c6c5)cc4)ccc32)cc1. The van der Waals surface area contributed by atoms with Crippen LogP contribution < -0.4 is 4.90 Å². The van der Waals surface area contributed by atoms with E-state index in [1.807, 2.05) is 11.3 Å². The van der Waals surface area contributed by atoms with Crippen molar-refractivity contribution in [1.82, 2.24) is 4.57 Å². The fourth-order valence-electron chi connectivity index (χ4n) is 10.0. The number of thiophene rings is 1. The lowest BCUT2D eigenvalue weighted by atomic mass is 9.94. The zero-order chi connectivity index (χ0) is 41.4. The van der Waals surface area contributed by atoms with E-state index in [4.69, 9.17) is 0 Å². The topological polar surface area (TPSA) is 8.17 Å². The second-order valence-electron chi connectivity index (χ2n) is 16.5. The van der Waals surface area contributed by atoms with E-state index in [1.165, 1.54) is 102 Å². The summed E-state index contributed by atoms with van der Waals surface area (Å²) in [5.74, 6) is 0. The van der Waals surface area contributed by atoms with Gasteiger partial charge in [0.15, 0.2) is 0 Å². The Kier molecular flexibility index (Phi) is 8.12. The number of benzene rings is 11. The van der Waals surface area contributed by atoms with Crippen molar-refractivity contribution in [3.63, 3.8) is 0 Å². The van der Waals surface area contributed by atoms with Crippen LogP contribution >= 0.6 is 11.3 Å². The summed E-state index contributed by atoms with van der Waals surface area (Å²) in [7, 11) is 0. The first-order valence-corrected chi connectivity index (χ1v) is 22.4. The lowest BCUT2D eigenvalue weighted by molar-refractivity contribution is 1.18. The molecule has 3 heteroatoms. The third-order valence-electron chi connectivity index (χ3n) is 13.0. The molecule has 0 N–H and O–H groups in total. The van der Waals surface area contributed by atoms with Gasteiger partial charge < -0.3 is 9.47 Å². The van der Waals surface area contributed by atoms with Crippen LogP contribution in [0.3, 0.4) is 0 Å². The van der Waals surface area contributed by atoms with Crippen LogP contribution in [0, 0.1) is 0 Å².